The summed E-state index contributed by atoms with van der Waals surface area (Å²) in [7, 11) is 2.14. The van der Waals surface area contributed by atoms with E-state index >= 15 is 0 Å². The molecule has 1 fully saturated rings. The molecule has 1 heterocycles. The van der Waals surface area contributed by atoms with E-state index in [1.807, 2.05) is 0 Å². The van der Waals surface area contributed by atoms with E-state index < -0.39 is 0 Å². The molecule has 1 N–H and O–H groups in total. The second-order valence-corrected chi connectivity index (χ2v) is 3.77. The fraction of sp³-hybridized carbons (Fsp3) is 1.00. The van der Waals surface area contributed by atoms with Crippen molar-refractivity contribution in [3.05, 3.63) is 0 Å². The highest BCUT2D eigenvalue weighted by Crippen LogP contribution is 2.28. The molecule has 0 saturated carbocycles. The van der Waals surface area contributed by atoms with E-state index in [1.54, 1.807) is 0 Å². The van der Waals surface area contributed by atoms with E-state index in [9.17, 15) is 0 Å². The molecule has 0 amide bonds. The minimum absolute atomic E-state index is 0. The van der Waals surface area contributed by atoms with Crippen molar-refractivity contribution in [3.8, 4) is 0 Å². The van der Waals surface area contributed by atoms with E-state index in [1.165, 1.54) is 0 Å². The van der Waals surface area contributed by atoms with Crippen LogP contribution in [-0.4, -0.2) is 36.8 Å². The SMILES string of the molecule is CN1CCC(C)(CO)CC1.Cl. The molecule has 0 bridgehead atoms. The first-order valence-electron chi connectivity index (χ1n) is 3.96. The molecule has 0 spiro atoms. The predicted molar refractivity (Wildman–Crippen MR) is 49.2 cm³/mol. The standard InChI is InChI=1S/C8H17NO.ClH/c1-8(7-10)3-5-9(2)6-4-8;/h10H,3-7H2,1-2H3;1H. The molecular weight excluding hydrogens is 162 g/mol. The molecule has 0 aliphatic carbocycles. The van der Waals surface area contributed by atoms with Crippen molar-refractivity contribution >= 4 is 12.4 Å². The molecule has 1 saturated heterocycles. The lowest BCUT2D eigenvalue weighted by Gasteiger charge is -2.36. The van der Waals surface area contributed by atoms with Crippen LogP contribution in [0.3, 0.4) is 0 Å². The van der Waals surface area contributed by atoms with Crippen molar-refractivity contribution in [1.29, 1.82) is 0 Å². The topological polar surface area (TPSA) is 23.5 Å². The molecule has 1 aliphatic heterocycles. The Morgan fingerprint density at radius 3 is 2.18 bits per heavy atom. The average molecular weight is 180 g/mol. The maximum atomic E-state index is 9.02. The van der Waals surface area contributed by atoms with Crippen LogP contribution in [0.5, 0.6) is 0 Å². The van der Waals surface area contributed by atoms with Crippen LogP contribution < -0.4 is 0 Å². The van der Waals surface area contributed by atoms with Gasteiger partial charge in [0.2, 0.25) is 0 Å². The second-order valence-electron chi connectivity index (χ2n) is 3.77. The molecule has 11 heavy (non-hydrogen) atoms. The number of nitrogens with zero attached hydrogens (tertiary/aromatic N) is 1. The quantitative estimate of drug-likeness (QED) is 0.653. The lowest BCUT2D eigenvalue weighted by atomic mass is 9.81. The maximum Gasteiger partial charge on any atom is 0.0485 e. The van der Waals surface area contributed by atoms with Gasteiger partial charge in [0.05, 0.1) is 0 Å². The highest BCUT2D eigenvalue weighted by atomic mass is 35.5. The van der Waals surface area contributed by atoms with Crippen LogP contribution in [-0.2, 0) is 0 Å². The Balaban J connectivity index is 0.000001000. The average Bonchev–Trinajstić information content (AvgIpc) is 1.96. The molecule has 1 rings (SSSR count). The number of aliphatic hydroxyl groups excluding tert-OH is 1. The van der Waals surface area contributed by atoms with Gasteiger partial charge in [-0.2, -0.15) is 0 Å². The van der Waals surface area contributed by atoms with Gasteiger partial charge in [-0.3, -0.25) is 0 Å². The van der Waals surface area contributed by atoms with E-state index in [-0.39, 0.29) is 17.8 Å². The highest BCUT2D eigenvalue weighted by Gasteiger charge is 2.27. The van der Waals surface area contributed by atoms with Gasteiger partial charge in [0.25, 0.3) is 0 Å². The van der Waals surface area contributed by atoms with E-state index in [0.717, 1.165) is 25.9 Å². The molecule has 2 nitrogen and oxygen atoms in total. The molecule has 0 unspecified atom stereocenters. The normalized spacial score (nSPS) is 24.3. The Morgan fingerprint density at radius 1 is 1.36 bits per heavy atom. The summed E-state index contributed by atoms with van der Waals surface area (Å²) in [6, 6.07) is 0. The summed E-state index contributed by atoms with van der Waals surface area (Å²) in [6.45, 7) is 4.79. The second kappa shape index (κ2) is 4.29. The first kappa shape index (κ1) is 11.2. The molecule has 0 atom stereocenters. The Labute approximate surface area is 75.0 Å². The van der Waals surface area contributed by atoms with E-state index in [0.29, 0.717) is 6.61 Å². The summed E-state index contributed by atoms with van der Waals surface area (Å²) in [6.07, 6.45) is 2.28. The molecule has 0 aromatic rings. The Morgan fingerprint density at radius 2 is 1.82 bits per heavy atom. The van der Waals surface area contributed by atoms with Crippen molar-refractivity contribution in [2.75, 3.05) is 26.7 Å². The molecule has 0 radical (unpaired) electrons. The van der Waals surface area contributed by atoms with Gasteiger partial charge in [-0.1, -0.05) is 6.92 Å². The monoisotopic (exact) mass is 179 g/mol. The summed E-state index contributed by atoms with van der Waals surface area (Å²) in [5, 5.41) is 9.02. The van der Waals surface area contributed by atoms with Crippen LogP contribution >= 0.6 is 12.4 Å². The fourth-order valence-electron chi connectivity index (χ4n) is 1.32. The van der Waals surface area contributed by atoms with Gasteiger partial charge in [-0.15, -0.1) is 12.4 Å². The fourth-order valence-corrected chi connectivity index (χ4v) is 1.32. The first-order valence-corrected chi connectivity index (χ1v) is 3.96. The lowest BCUT2D eigenvalue weighted by molar-refractivity contribution is 0.0689. The van der Waals surface area contributed by atoms with E-state index in [2.05, 4.69) is 18.9 Å². The van der Waals surface area contributed by atoms with Crippen LogP contribution in [0.25, 0.3) is 0 Å². The smallest absolute Gasteiger partial charge is 0.0485 e. The zero-order valence-electron chi connectivity index (χ0n) is 7.34. The van der Waals surface area contributed by atoms with Crippen LogP contribution in [0.4, 0.5) is 0 Å². The van der Waals surface area contributed by atoms with Crippen molar-refractivity contribution in [2.45, 2.75) is 19.8 Å². The van der Waals surface area contributed by atoms with Gasteiger partial charge < -0.3 is 10.0 Å². The molecule has 68 valence electrons. The first-order chi connectivity index (χ1) is 4.66. The molecule has 0 aromatic heterocycles. The van der Waals surface area contributed by atoms with E-state index in [4.69, 9.17) is 5.11 Å². The Bertz CT molecular complexity index is 111. The predicted octanol–water partition coefficient (Wildman–Crippen LogP) is 1.13. The van der Waals surface area contributed by atoms with Crippen molar-refractivity contribution < 1.29 is 5.11 Å². The molecular formula is C8H18ClNO. The van der Waals surface area contributed by atoms with Gasteiger partial charge in [0.1, 0.15) is 0 Å². The third-order valence-electron chi connectivity index (χ3n) is 2.58. The zero-order valence-corrected chi connectivity index (χ0v) is 8.15. The Kier molecular flexibility index (Phi) is 4.37. The van der Waals surface area contributed by atoms with Gasteiger partial charge in [0, 0.05) is 6.61 Å². The number of piperidine rings is 1. The number of halogens is 1. The lowest BCUT2D eigenvalue weighted by Crippen LogP contribution is -2.38. The zero-order chi connectivity index (χ0) is 7.61. The highest BCUT2D eigenvalue weighted by molar-refractivity contribution is 5.85. The van der Waals surface area contributed by atoms with Crippen LogP contribution in [0.15, 0.2) is 0 Å². The number of aliphatic hydroxyl groups is 1. The maximum absolute atomic E-state index is 9.02. The molecule has 0 aromatic carbocycles. The summed E-state index contributed by atoms with van der Waals surface area (Å²) >= 11 is 0. The molecule has 1 aliphatic rings. The van der Waals surface area contributed by atoms with Crippen LogP contribution in [0.2, 0.25) is 0 Å². The minimum atomic E-state index is 0. The Hall–Kier alpha value is 0.210. The van der Waals surface area contributed by atoms with Gasteiger partial charge in [0.15, 0.2) is 0 Å². The number of likely N-dealkylation sites (tertiary alicyclic amines) is 1. The minimum Gasteiger partial charge on any atom is -0.396 e. The van der Waals surface area contributed by atoms with Crippen molar-refractivity contribution in [3.63, 3.8) is 0 Å². The third-order valence-corrected chi connectivity index (χ3v) is 2.58. The van der Waals surface area contributed by atoms with Crippen molar-refractivity contribution in [2.24, 2.45) is 5.41 Å². The summed E-state index contributed by atoms with van der Waals surface area (Å²) in [5.74, 6) is 0. The number of rotatable bonds is 1. The summed E-state index contributed by atoms with van der Waals surface area (Å²) in [5.41, 5.74) is 0.215. The summed E-state index contributed by atoms with van der Waals surface area (Å²) < 4.78 is 0. The van der Waals surface area contributed by atoms with Crippen molar-refractivity contribution in [1.82, 2.24) is 4.90 Å². The number of hydrogen-bond acceptors (Lipinski definition) is 2. The summed E-state index contributed by atoms with van der Waals surface area (Å²) in [4.78, 5) is 2.32. The van der Waals surface area contributed by atoms with Gasteiger partial charge in [-0.25, -0.2) is 0 Å². The van der Waals surface area contributed by atoms with Crippen LogP contribution in [0, 0.1) is 5.41 Å². The van der Waals surface area contributed by atoms with Gasteiger partial charge >= 0.3 is 0 Å². The third kappa shape index (κ3) is 2.97. The largest absolute Gasteiger partial charge is 0.396 e. The van der Waals surface area contributed by atoms with Crippen LogP contribution in [0.1, 0.15) is 19.8 Å². The van der Waals surface area contributed by atoms with Gasteiger partial charge in [-0.05, 0) is 38.4 Å². The molecule has 3 heteroatoms. The number of hydrogen-bond donors (Lipinski definition) is 1.